The van der Waals surface area contributed by atoms with E-state index in [1.54, 1.807) is 6.08 Å². The topological polar surface area (TPSA) is 40.5 Å². The summed E-state index contributed by atoms with van der Waals surface area (Å²) >= 11 is 0. The molecule has 0 aromatic carbocycles. The monoisotopic (exact) mass is 116 g/mol. The Balaban J connectivity index is 3.61. The molecule has 0 fully saturated rings. The molecule has 1 unspecified atom stereocenters. The van der Waals surface area contributed by atoms with Crippen LogP contribution in [0.1, 0.15) is 20.3 Å². The highest BCUT2D eigenvalue weighted by Gasteiger charge is 1.97. The molecule has 0 amide bonds. The van der Waals surface area contributed by atoms with Crippen LogP contribution in [0.3, 0.4) is 0 Å². The number of rotatable bonds is 2. The number of hydrogen-bond acceptors (Lipinski definition) is 2. The van der Waals surface area contributed by atoms with Crippen molar-refractivity contribution in [1.82, 2.24) is 0 Å². The molecule has 0 radical (unpaired) electrons. The van der Waals surface area contributed by atoms with Gasteiger partial charge in [-0.2, -0.15) is 0 Å². The average Bonchev–Trinajstić information content (AvgIpc) is 1.67. The summed E-state index contributed by atoms with van der Waals surface area (Å²) < 4.78 is 0. The number of aliphatic hydroxyl groups is 2. The summed E-state index contributed by atoms with van der Waals surface area (Å²) in [6, 6.07) is 0. The Labute approximate surface area is 49.5 Å². The summed E-state index contributed by atoms with van der Waals surface area (Å²) in [6.07, 6.45) is 1.64. The van der Waals surface area contributed by atoms with E-state index in [4.69, 9.17) is 10.2 Å². The second-order valence-electron chi connectivity index (χ2n) is 1.71. The third-order valence-electron chi connectivity index (χ3n) is 0.841. The minimum atomic E-state index is -0.713. The van der Waals surface area contributed by atoms with E-state index in [1.165, 1.54) is 6.92 Å². The van der Waals surface area contributed by atoms with Gasteiger partial charge in [0.25, 0.3) is 0 Å². The predicted octanol–water partition coefficient (Wildman–Crippen LogP) is 1.22. The van der Waals surface area contributed by atoms with Gasteiger partial charge in [-0.1, -0.05) is 6.92 Å². The molecule has 0 spiro atoms. The third kappa shape index (κ3) is 2.64. The highest BCUT2D eigenvalue weighted by molar-refractivity contribution is 4.94. The summed E-state index contributed by atoms with van der Waals surface area (Å²) in [6.45, 7) is 3.43. The van der Waals surface area contributed by atoms with E-state index in [-0.39, 0.29) is 5.76 Å². The Kier molecular flexibility index (Phi) is 3.28. The minimum Gasteiger partial charge on any atom is -0.510 e. The van der Waals surface area contributed by atoms with Gasteiger partial charge in [-0.15, -0.1) is 0 Å². The molecule has 48 valence electrons. The van der Waals surface area contributed by atoms with Crippen molar-refractivity contribution in [3.63, 3.8) is 0 Å². The van der Waals surface area contributed by atoms with Gasteiger partial charge in [-0.25, -0.2) is 0 Å². The van der Waals surface area contributed by atoms with Crippen LogP contribution < -0.4 is 0 Å². The van der Waals surface area contributed by atoms with Gasteiger partial charge in [0, 0.05) is 0 Å². The second-order valence-corrected chi connectivity index (χ2v) is 1.71. The predicted molar refractivity (Wildman–Crippen MR) is 32.7 cm³/mol. The standard InChI is InChI=1S/C6H12O2/c1-3-4-6(8)5(2)7/h4-5,7-8H,3H2,1-2H3. The molecular formula is C6H12O2. The second kappa shape index (κ2) is 3.50. The molecule has 0 aliphatic heterocycles. The van der Waals surface area contributed by atoms with E-state index in [9.17, 15) is 0 Å². The van der Waals surface area contributed by atoms with Crippen LogP contribution in [0.25, 0.3) is 0 Å². The lowest BCUT2D eigenvalue weighted by atomic mass is 10.3. The molecule has 2 nitrogen and oxygen atoms in total. The van der Waals surface area contributed by atoms with Crippen LogP contribution in [0.5, 0.6) is 0 Å². The first kappa shape index (κ1) is 7.50. The largest absolute Gasteiger partial charge is 0.510 e. The molecule has 0 rings (SSSR count). The van der Waals surface area contributed by atoms with Crippen LogP contribution in [-0.4, -0.2) is 16.3 Å². The fraction of sp³-hybridized carbons (Fsp3) is 0.667. The fourth-order valence-electron chi connectivity index (χ4n) is 0.380. The van der Waals surface area contributed by atoms with Crippen molar-refractivity contribution in [3.8, 4) is 0 Å². The van der Waals surface area contributed by atoms with E-state index in [0.29, 0.717) is 0 Å². The summed E-state index contributed by atoms with van der Waals surface area (Å²) in [7, 11) is 0. The van der Waals surface area contributed by atoms with Crippen molar-refractivity contribution in [2.75, 3.05) is 0 Å². The van der Waals surface area contributed by atoms with Crippen molar-refractivity contribution in [3.05, 3.63) is 11.8 Å². The van der Waals surface area contributed by atoms with Gasteiger partial charge < -0.3 is 10.2 Å². The number of aliphatic hydroxyl groups excluding tert-OH is 2. The summed E-state index contributed by atoms with van der Waals surface area (Å²) in [5.41, 5.74) is 0. The van der Waals surface area contributed by atoms with E-state index in [2.05, 4.69) is 0 Å². The zero-order valence-corrected chi connectivity index (χ0v) is 5.26. The zero-order valence-electron chi connectivity index (χ0n) is 5.26. The van der Waals surface area contributed by atoms with Crippen LogP contribution in [0.2, 0.25) is 0 Å². The third-order valence-corrected chi connectivity index (χ3v) is 0.841. The molecule has 0 aromatic rings. The summed E-state index contributed by atoms with van der Waals surface area (Å²) in [5, 5.41) is 17.4. The summed E-state index contributed by atoms with van der Waals surface area (Å²) in [5.74, 6) is 0.0625. The van der Waals surface area contributed by atoms with Gasteiger partial charge in [-0.05, 0) is 19.4 Å². The Morgan fingerprint density at radius 1 is 1.75 bits per heavy atom. The van der Waals surface area contributed by atoms with Gasteiger partial charge >= 0.3 is 0 Å². The Hall–Kier alpha value is -0.500. The lowest BCUT2D eigenvalue weighted by molar-refractivity contribution is 0.169. The lowest BCUT2D eigenvalue weighted by Crippen LogP contribution is -2.02. The average molecular weight is 116 g/mol. The molecule has 0 heterocycles. The van der Waals surface area contributed by atoms with E-state index in [1.807, 2.05) is 6.92 Å². The van der Waals surface area contributed by atoms with Gasteiger partial charge in [0.2, 0.25) is 0 Å². The molecule has 2 N–H and O–H groups in total. The Morgan fingerprint density at radius 3 is 2.38 bits per heavy atom. The minimum absolute atomic E-state index is 0.0625. The quantitative estimate of drug-likeness (QED) is 0.532. The maximum atomic E-state index is 8.74. The van der Waals surface area contributed by atoms with Crippen LogP contribution in [0, 0.1) is 0 Å². The van der Waals surface area contributed by atoms with Crippen molar-refractivity contribution in [2.24, 2.45) is 0 Å². The molecule has 0 aromatic heterocycles. The smallest absolute Gasteiger partial charge is 0.116 e. The maximum Gasteiger partial charge on any atom is 0.116 e. The van der Waals surface area contributed by atoms with Gasteiger partial charge in [0.1, 0.15) is 11.9 Å². The first-order valence-corrected chi connectivity index (χ1v) is 2.75. The van der Waals surface area contributed by atoms with Crippen LogP contribution >= 0.6 is 0 Å². The van der Waals surface area contributed by atoms with E-state index in [0.717, 1.165) is 6.42 Å². The van der Waals surface area contributed by atoms with Crippen molar-refractivity contribution in [1.29, 1.82) is 0 Å². The highest BCUT2D eigenvalue weighted by atomic mass is 16.3. The lowest BCUT2D eigenvalue weighted by Gasteiger charge is -1.99. The van der Waals surface area contributed by atoms with Gasteiger partial charge in [0.05, 0.1) is 0 Å². The number of hydrogen-bond donors (Lipinski definition) is 2. The highest BCUT2D eigenvalue weighted by Crippen LogP contribution is 1.96. The first-order chi connectivity index (χ1) is 3.68. The molecule has 0 bridgehead atoms. The van der Waals surface area contributed by atoms with E-state index < -0.39 is 6.10 Å². The molecule has 0 saturated heterocycles. The SMILES string of the molecule is CCC=C(O)C(C)O. The number of allylic oxidation sites excluding steroid dienone is 1. The van der Waals surface area contributed by atoms with Crippen LogP contribution in [-0.2, 0) is 0 Å². The molecular weight excluding hydrogens is 104 g/mol. The van der Waals surface area contributed by atoms with E-state index >= 15 is 0 Å². The molecule has 1 atom stereocenters. The summed E-state index contributed by atoms with van der Waals surface area (Å²) in [4.78, 5) is 0. The van der Waals surface area contributed by atoms with Crippen LogP contribution in [0.4, 0.5) is 0 Å². The van der Waals surface area contributed by atoms with Gasteiger partial charge in [-0.3, -0.25) is 0 Å². The Morgan fingerprint density at radius 2 is 2.25 bits per heavy atom. The van der Waals surface area contributed by atoms with Crippen molar-refractivity contribution in [2.45, 2.75) is 26.4 Å². The molecule has 0 aliphatic rings. The van der Waals surface area contributed by atoms with Crippen molar-refractivity contribution < 1.29 is 10.2 Å². The molecule has 2 heteroatoms. The normalized spacial score (nSPS) is 16.1. The maximum absolute atomic E-state index is 8.74. The molecule has 8 heavy (non-hydrogen) atoms. The van der Waals surface area contributed by atoms with Gasteiger partial charge in [0.15, 0.2) is 0 Å². The molecule has 0 aliphatic carbocycles. The zero-order chi connectivity index (χ0) is 6.57. The Bertz CT molecular complexity index is 84.5. The first-order valence-electron chi connectivity index (χ1n) is 2.75. The fourth-order valence-corrected chi connectivity index (χ4v) is 0.380. The van der Waals surface area contributed by atoms with Crippen LogP contribution in [0.15, 0.2) is 11.8 Å². The van der Waals surface area contributed by atoms with Crippen molar-refractivity contribution >= 4 is 0 Å². The molecule has 0 saturated carbocycles.